The van der Waals surface area contributed by atoms with Crippen LogP contribution in [0.15, 0.2) is 18.2 Å². The molecule has 1 heterocycles. The molecule has 0 aromatic heterocycles. The van der Waals surface area contributed by atoms with E-state index in [-0.39, 0.29) is 5.92 Å². The molecule has 5 heteroatoms. The van der Waals surface area contributed by atoms with Gasteiger partial charge in [0.05, 0.1) is 5.56 Å². The minimum absolute atomic E-state index is 0.0500. The van der Waals surface area contributed by atoms with Gasteiger partial charge < -0.3 is 9.84 Å². The highest BCUT2D eigenvalue weighted by molar-refractivity contribution is 5.44. The van der Waals surface area contributed by atoms with Crippen molar-refractivity contribution in [2.24, 2.45) is 0 Å². The van der Waals surface area contributed by atoms with Crippen molar-refractivity contribution in [1.82, 2.24) is 0 Å². The minimum Gasteiger partial charge on any atom is -0.507 e. The van der Waals surface area contributed by atoms with Crippen LogP contribution >= 0.6 is 0 Å². The van der Waals surface area contributed by atoms with E-state index >= 15 is 0 Å². The molecule has 0 atom stereocenters. The largest absolute Gasteiger partial charge is 0.507 e. The van der Waals surface area contributed by atoms with Crippen LogP contribution in [0, 0.1) is 0 Å². The average Bonchev–Trinajstić information content (AvgIpc) is 2.29. The molecule has 1 aromatic carbocycles. The molecule has 94 valence electrons. The number of para-hydroxylation sites is 1. The normalized spacial score (nSPS) is 18.3. The van der Waals surface area contributed by atoms with E-state index in [9.17, 15) is 18.3 Å². The Morgan fingerprint density at radius 3 is 2.41 bits per heavy atom. The number of hydrogen-bond acceptors (Lipinski definition) is 2. The van der Waals surface area contributed by atoms with E-state index in [2.05, 4.69) is 0 Å². The zero-order valence-corrected chi connectivity index (χ0v) is 9.13. The second kappa shape index (κ2) is 4.56. The smallest absolute Gasteiger partial charge is 0.419 e. The van der Waals surface area contributed by atoms with Crippen LogP contribution in [0.25, 0.3) is 0 Å². The lowest BCUT2D eigenvalue weighted by Crippen LogP contribution is -2.15. The predicted molar refractivity (Wildman–Crippen MR) is 55.9 cm³/mol. The topological polar surface area (TPSA) is 29.5 Å². The number of halogens is 3. The first-order chi connectivity index (χ1) is 8.00. The second-order valence-electron chi connectivity index (χ2n) is 4.13. The summed E-state index contributed by atoms with van der Waals surface area (Å²) in [4.78, 5) is 0. The highest BCUT2D eigenvalue weighted by Gasteiger charge is 2.35. The van der Waals surface area contributed by atoms with Crippen LogP contribution in [0.5, 0.6) is 5.75 Å². The van der Waals surface area contributed by atoms with Crippen LogP contribution in [0.1, 0.15) is 29.9 Å². The number of alkyl halides is 3. The maximum Gasteiger partial charge on any atom is 0.419 e. The van der Waals surface area contributed by atoms with Crippen LogP contribution < -0.4 is 0 Å². The summed E-state index contributed by atoms with van der Waals surface area (Å²) in [5.41, 5.74) is -0.579. The summed E-state index contributed by atoms with van der Waals surface area (Å²) >= 11 is 0. The van der Waals surface area contributed by atoms with Gasteiger partial charge in [-0.3, -0.25) is 0 Å². The zero-order chi connectivity index (χ0) is 12.5. The Morgan fingerprint density at radius 2 is 1.82 bits per heavy atom. The third kappa shape index (κ3) is 2.54. The number of phenols is 1. The van der Waals surface area contributed by atoms with E-state index in [1.807, 2.05) is 0 Å². The molecule has 1 saturated heterocycles. The van der Waals surface area contributed by atoms with Gasteiger partial charge >= 0.3 is 6.18 Å². The van der Waals surface area contributed by atoms with Crippen LogP contribution in [0.4, 0.5) is 13.2 Å². The van der Waals surface area contributed by atoms with Gasteiger partial charge in [0.2, 0.25) is 0 Å². The molecule has 1 aliphatic heterocycles. The SMILES string of the molecule is Oc1c(C2CCOCC2)cccc1C(F)(F)F. The Hall–Kier alpha value is -1.23. The number of aromatic hydroxyl groups is 1. The first-order valence-electron chi connectivity index (χ1n) is 5.47. The Morgan fingerprint density at radius 1 is 1.18 bits per heavy atom. The number of hydrogen-bond donors (Lipinski definition) is 1. The van der Waals surface area contributed by atoms with Gasteiger partial charge in [-0.05, 0) is 30.4 Å². The van der Waals surface area contributed by atoms with Gasteiger partial charge in [0.25, 0.3) is 0 Å². The van der Waals surface area contributed by atoms with E-state index in [0.29, 0.717) is 31.6 Å². The van der Waals surface area contributed by atoms with Crippen LogP contribution in [-0.4, -0.2) is 18.3 Å². The molecule has 1 fully saturated rings. The fourth-order valence-electron chi connectivity index (χ4n) is 2.13. The van der Waals surface area contributed by atoms with Gasteiger partial charge in [0, 0.05) is 13.2 Å². The Kier molecular flexibility index (Phi) is 3.28. The van der Waals surface area contributed by atoms with Gasteiger partial charge in [-0.2, -0.15) is 13.2 Å². The molecule has 1 aliphatic rings. The molecule has 2 rings (SSSR count). The molecule has 17 heavy (non-hydrogen) atoms. The summed E-state index contributed by atoms with van der Waals surface area (Å²) in [6.07, 6.45) is -3.21. The molecule has 1 N–H and O–H groups in total. The molecule has 1 aromatic rings. The highest BCUT2D eigenvalue weighted by Crippen LogP contribution is 2.41. The van der Waals surface area contributed by atoms with E-state index in [1.54, 1.807) is 6.07 Å². The molecule has 0 amide bonds. The van der Waals surface area contributed by atoms with Crippen molar-refractivity contribution in [2.75, 3.05) is 13.2 Å². The maximum atomic E-state index is 12.6. The summed E-state index contributed by atoms with van der Waals surface area (Å²) in [6.45, 7) is 1.06. The van der Waals surface area contributed by atoms with Crippen LogP contribution in [-0.2, 0) is 10.9 Å². The molecule has 0 unspecified atom stereocenters. The Labute approximate surface area is 97.0 Å². The molecule has 0 aliphatic carbocycles. The van der Waals surface area contributed by atoms with Crippen molar-refractivity contribution in [1.29, 1.82) is 0 Å². The predicted octanol–water partition coefficient (Wildman–Crippen LogP) is 3.31. The van der Waals surface area contributed by atoms with Crippen molar-refractivity contribution in [3.05, 3.63) is 29.3 Å². The highest BCUT2D eigenvalue weighted by atomic mass is 19.4. The van der Waals surface area contributed by atoms with E-state index in [4.69, 9.17) is 4.74 Å². The molecule has 0 saturated carbocycles. The lowest BCUT2D eigenvalue weighted by molar-refractivity contribution is -0.138. The van der Waals surface area contributed by atoms with Crippen molar-refractivity contribution in [3.8, 4) is 5.75 Å². The fourth-order valence-corrected chi connectivity index (χ4v) is 2.13. The Balaban J connectivity index is 2.35. The molecule has 0 radical (unpaired) electrons. The fraction of sp³-hybridized carbons (Fsp3) is 0.500. The molecular formula is C12H13F3O2. The molecule has 2 nitrogen and oxygen atoms in total. The standard InChI is InChI=1S/C12H13F3O2/c13-12(14,15)10-3-1-2-9(11(10)16)8-4-6-17-7-5-8/h1-3,8,16H,4-7H2. The number of rotatable bonds is 1. The summed E-state index contributed by atoms with van der Waals surface area (Å²) < 4.78 is 43.0. The van der Waals surface area contributed by atoms with E-state index in [1.165, 1.54) is 6.07 Å². The van der Waals surface area contributed by atoms with Crippen molar-refractivity contribution < 1.29 is 23.0 Å². The third-order valence-corrected chi connectivity index (χ3v) is 3.03. The first kappa shape index (κ1) is 12.2. The number of phenolic OH excluding ortho intramolecular Hbond substituents is 1. The summed E-state index contributed by atoms with van der Waals surface area (Å²) in [5.74, 6) is -0.682. The third-order valence-electron chi connectivity index (χ3n) is 3.03. The van der Waals surface area contributed by atoms with E-state index in [0.717, 1.165) is 6.07 Å². The second-order valence-corrected chi connectivity index (χ2v) is 4.13. The van der Waals surface area contributed by atoms with Gasteiger partial charge in [-0.25, -0.2) is 0 Å². The average molecular weight is 246 g/mol. The summed E-state index contributed by atoms with van der Waals surface area (Å²) in [7, 11) is 0. The van der Waals surface area contributed by atoms with E-state index < -0.39 is 17.5 Å². The Bertz CT molecular complexity index is 395. The van der Waals surface area contributed by atoms with Crippen molar-refractivity contribution >= 4 is 0 Å². The van der Waals surface area contributed by atoms with Crippen LogP contribution in [0.2, 0.25) is 0 Å². The van der Waals surface area contributed by atoms with Gasteiger partial charge in [-0.1, -0.05) is 12.1 Å². The van der Waals surface area contributed by atoms with Gasteiger partial charge in [0.1, 0.15) is 5.75 Å². The molecular weight excluding hydrogens is 233 g/mol. The number of benzene rings is 1. The lowest BCUT2D eigenvalue weighted by atomic mass is 9.89. The maximum absolute atomic E-state index is 12.6. The summed E-state index contributed by atoms with van der Waals surface area (Å²) in [6, 6.07) is 3.80. The van der Waals surface area contributed by atoms with Gasteiger partial charge in [-0.15, -0.1) is 0 Å². The summed E-state index contributed by atoms with van der Waals surface area (Å²) in [5, 5.41) is 9.72. The van der Waals surface area contributed by atoms with Gasteiger partial charge in [0.15, 0.2) is 0 Å². The lowest BCUT2D eigenvalue weighted by Gasteiger charge is -2.24. The molecule has 0 spiro atoms. The number of ether oxygens (including phenoxy) is 1. The van der Waals surface area contributed by atoms with Crippen molar-refractivity contribution in [3.63, 3.8) is 0 Å². The van der Waals surface area contributed by atoms with Crippen LogP contribution in [0.3, 0.4) is 0 Å². The van der Waals surface area contributed by atoms with Crippen molar-refractivity contribution in [2.45, 2.75) is 24.9 Å². The minimum atomic E-state index is -4.51. The monoisotopic (exact) mass is 246 g/mol. The molecule has 0 bridgehead atoms. The quantitative estimate of drug-likeness (QED) is 0.823. The zero-order valence-electron chi connectivity index (χ0n) is 9.13. The first-order valence-corrected chi connectivity index (χ1v) is 5.47.